The number of halogens is 1. The van der Waals surface area contributed by atoms with Gasteiger partial charge in [0.15, 0.2) is 0 Å². The molecule has 1 atom stereocenters. The van der Waals surface area contributed by atoms with Crippen LogP contribution in [0.5, 0.6) is 6.01 Å². The largest absolute Gasteiger partial charge is 0.460 e. The molecule has 1 N–H and O–H groups in total. The number of ether oxygens (including phenoxy) is 1. The van der Waals surface area contributed by atoms with Crippen molar-refractivity contribution in [1.29, 1.82) is 0 Å². The highest BCUT2D eigenvalue weighted by Crippen LogP contribution is 2.08. The average Bonchev–Trinajstić information content (AvgIpc) is 2.86. The first-order chi connectivity index (χ1) is 8.29. The van der Waals surface area contributed by atoms with Crippen molar-refractivity contribution in [3.63, 3.8) is 0 Å². The van der Waals surface area contributed by atoms with Crippen molar-refractivity contribution < 1.29 is 9.84 Å². The van der Waals surface area contributed by atoms with Gasteiger partial charge in [-0.2, -0.15) is 4.98 Å². The van der Waals surface area contributed by atoms with Gasteiger partial charge in [-0.05, 0) is 12.1 Å². The molecule has 6 heteroatoms. The van der Waals surface area contributed by atoms with Gasteiger partial charge in [0.1, 0.15) is 12.9 Å². The normalized spacial score (nSPS) is 12.4. The van der Waals surface area contributed by atoms with Crippen molar-refractivity contribution in [2.24, 2.45) is 0 Å². The second kappa shape index (κ2) is 5.79. The molecule has 1 aromatic carbocycles. The Morgan fingerprint density at radius 3 is 2.82 bits per heavy atom. The Morgan fingerprint density at radius 2 is 2.12 bits per heavy atom. The van der Waals surface area contributed by atoms with Crippen molar-refractivity contribution >= 4 is 15.9 Å². The van der Waals surface area contributed by atoms with Gasteiger partial charge in [0, 0.05) is 5.33 Å². The van der Waals surface area contributed by atoms with Gasteiger partial charge in [0.05, 0.1) is 11.8 Å². The summed E-state index contributed by atoms with van der Waals surface area (Å²) in [4.78, 5) is 4.00. The molecule has 0 spiro atoms. The third-order valence-corrected chi connectivity index (χ3v) is 2.82. The summed E-state index contributed by atoms with van der Waals surface area (Å²) in [6.07, 6.45) is 1.02. The van der Waals surface area contributed by atoms with Gasteiger partial charge >= 0.3 is 6.01 Å². The lowest BCUT2D eigenvalue weighted by Crippen LogP contribution is -2.19. The Balaban J connectivity index is 2.01. The molecule has 0 saturated carbocycles. The van der Waals surface area contributed by atoms with Gasteiger partial charge in [0.25, 0.3) is 0 Å². The minimum absolute atomic E-state index is 0.171. The Hall–Kier alpha value is -1.40. The highest BCUT2D eigenvalue weighted by molar-refractivity contribution is 9.09. The number of alkyl halides is 1. The topological polar surface area (TPSA) is 60.2 Å². The third kappa shape index (κ3) is 3.28. The van der Waals surface area contributed by atoms with E-state index in [2.05, 4.69) is 26.0 Å². The summed E-state index contributed by atoms with van der Waals surface area (Å²) in [5.41, 5.74) is 0.913. The van der Waals surface area contributed by atoms with Gasteiger partial charge in [-0.25, -0.2) is 4.68 Å². The molecule has 2 aromatic rings. The molecule has 0 radical (unpaired) electrons. The van der Waals surface area contributed by atoms with E-state index in [0.29, 0.717) is 5.33 Å². The van der Waals surface area contributed by atoms with Crippen molar-refractivity contribution in [3.05, 3.63) is 36.7 Å². The Labute approximate surface area is 107 Å². The van der Waals surface area contributed by atoms with Crippen molar-refractivity contribution in [2.45, 2.75) is 6.10 Å². The number of rotatable bonds is 5. The first-order valence-electron chi connectivity index (χ1n) is 5.13. The highest BCUT2D eigenvalue weighted by Gasteiger charge is 2.06. The predicted octanol–water partition coefficient (Wildman–Crippen LogP) is 1.40. The van der Waals surface area contributed by atoms with Crippen LogP contribution in [0.15, 0.2) is 36.7 Å². The predicted molar refractivity (Wildman–Crippen MR) is 66.7 cm³/mol. The molecule has 0 saturated heterocycles. The summed E-state index contributed by atoms with van der Waals surface area (Å²) in [6.45, 7) is 0.171. The van der Waals surface area contributed by atoms with E-state index in [1.54, 1.807) is 11.0 Å². The quantitative estimate of drug-likeness (QED) is 0.848. The summed E-state index contributed by atoms with van der Waals surface area (Å²) >= 11 is 3.15. The Bertz CT molecular complexity index is 461. The second-order valence-corrected chi connectivity index (χ2v) is 4.07. The number of hydrogen-bond donors (Lipinski definition) is 1. The van der Waals surface area contributed by atoms with Gasteiger partial charge in [-0.1, -0.05) is 34.1 Å². The van der Waals surface area contributed by atoms with Crippen molar-refractivity contribution in [3.8, 4) is 11.7 Å². The van der Waals surface area contributed by atoms with Gasteiger partial charge in [-0.3, -0.25) is 0 Å². The first-order valence-corrected chi connectivity index (χ1v) is 6.25. The number of aromatic nitrogens is 3. The fourth-order valence-corrected chi connectivity index (χ4v) is 1.42. The number of nitrogens with zero attached hydrogens (tertiary/aromatic N) is 3. The van der Waals surface area contributed by atoms with E-state index >= 15 is 0 Å². The van der Waals surface area contributed by atoms with E-state index in [1.807, 2.05) is 30.3 Å². The zero-order valence-corrected chi connectivity index (χ0v) is 10.6. The maximum atomic E-state index is 9.31. The summed E-state index contributed by atoms with van der Waals surface area (Å²) in [6, 6.07) is 9.88. The summed E-state index contributed by atoms with van der Waals surface area (Å²) < 4.78 is 6.86. The molecule has 90 valence electrons. The van der Waals surface area contributed by atoms with Crippen LogP contribution in [0.4, 0.5) is 0 Å². The van der Waals surface area contributed by atoms with E-state index in [0.717, 1.165) is 5.69 Å². The zero-order valence-electron chi connectivity index (χ0n) is 9.03. The van der Waals surface area contributed by atoms with E-state index in [-0.39, 0.29) is 12.6 Å². The number of aliphatic hydroxyl groups excluding tert-OH is 1. The molecule has 1 heterocycles. The van der Waals surface area contributed by atoms with Crippen molar-refractivity contribution in [2.75, 3.05) is 11.9 Å². The van der Waals surface area contributed by atoms with Crippen LogP contribution in [0, 0.1) is 0 Å². The van der Waals surface area contributed by atoms with Crippen LogP contribution in [0.25, 0.3) is 5.69 Å². The molecule has 1 aromatic heterocycles. The SMILES string of the molecule is OC(CBr)COc1ncn(-c2ccccc2)n1. The molecule has 0 aliphatic rings. The maximum absolute atomic E-state index is 9.31. The smallest absolute Gasteiger partial charge is 0.335 e. The first kappa shape index (κ1) is 12.1. The highest BCUT2D eigenvalue weighted by atomic mass is 79.9. The standard InChI is InChI=1S/C11H12BrN3O2/c12-6-10(16)7-17-11-13-8-15(14-11)9-4-2-1-3-5-9/h1-5,8,10,16H,6-7H2. The summed E-state index contributed by atoms with van der Waals surface area (Å²) in [7, 11) is 0. The summed E-state index contributed by atoms with van der Waals surface area (Å²) in [5, 5.41) is 13.9. The zero-order chi connectivity index (χ0) is 12.1. The van der Waals surface area contributed by atoms with Crippen LogP contribution < -0.4 is 4.74 Å². The monoisotopic (exact) mass is 297 g/mol. The fourth-order valence-electron chi connectivity index (χ4n) is 1.23. The van der Waals surface area contributed by atoms with Crippen LogP contribution in [0.2, 0.25) is 0 Å². The maximum Gasteiger partial charge on any atom is 0.335 e. The van der Waals surface area contributed by atoms with Crippen LogP contribution in [0.3, 0.4) is 0 Å². The molecule has 0 fully saturated rings. The van der Waals surface area contributed by atoms with Crippen molar-refractivity contribution in [1.82, 2.24) is 14.8 Å². The molecule has 17 heavy (non-hydrogen) atoms. The molecule has 0 aliphatic carbocycles. The van der Waals surface area contributed by atoms with E-state index in [1.165, 1.54) is 0 Å². The molecule has 2 rings (SSSR count). The van der Waals surface area contributed by atoms with Gasteiger partial charge in [-0.15, -0.1) is 5.10 Å². The van der Waals surface area contributed by atoms with Crippen LogP contribution in [-0.2, 0) is 0 Å². The minimum atomic E-state index is -0.557. The van der Waals surface area contributed by atoms with E-state index in [9.17, 15) is 5.11 Å². The molecule has 0 aliphatic heterocycles. The minimum Gasteiger partial charge on any atom is -0.460 e. The lowest BCUT2D eigenvalue weighted by molar-refractivity contribution is 0.121. The second-order valence-electron chi connectivity index (χ2n) is 3.43. The Morgan fingerprint density at radius 1 is 1.35 bits per heavy atom. The lowest BCUT2D eigenvalue weighted by Gasteiger charge is -2.05. The lowest BCUT2D eigenvalue weighted by atomic mass is 10.3. The number of benzene rings is 1. The average molecular weight is 298 g/mol. The molecule has 1 unspecified atom stereocenters. The number of para-hydroxylation sites is 1. The number of hydrogen-bond acceptors (Lipinski definition) is 4. The van der Waals surface area contributed by atoms with Crippen LogP contribution in [-0.4, -0.2) is 37.9 Å². The fraction of sp³-hybridized carbons (Fsp3) is 0.273. The number of aliphatic hydroxyl groups is 1. The molecule has 5 nitrogen and oxygen atoms in total. The van der Waals surface area contributed by atoms with Crippen LogP contribution >= 0.6 is 15.9 Å². The van der Waals surface area contributed by atoms with Gasteiger partial charge < -0.3 is 9.84 Å². The van der Waals surface area contributed by atoms with E-state index in [4.69, 9.17) is 4.74 Å². The van der Waals surface area contributed by atoms with Gasteiger partial charge in [0.2, 0.25) is 0 Å². The van der Waals surface area contributed by atoms with Crippen LogP contribution in [0.1, 0.15) is 0 Å². The molecule has 0 amide bonds. The Kier molecular flexibility index (Phi) is 4.11. The van der Waals surface area contributed by atoms with E-state index < -0.39 is 6.10 Å². The summed E-state index contributed by atoms with van der Waals surface area (Å²) in [5.74, 6) is 0. The molecule has 0 bridgehead atoms. The molecular weight excluding hydrogens is 286 g/mol. The third-order valence-electron chi connectivity index (χ3n) is 2.07. The molecular formula is C11H12BrN3O2.